The zero-order valence-corrected chi connectivity index (χ0v) is 13.1. The predicted octanol–water partition coefficient (Wildman–Crippen LogP) is 0.653. The molecule has 1 aliphatic rings. The second-order valence-corrected chi connectivity index (χ2v) is 6.40. The Morgan fingerprint density at radius 3 is 2.75 bits per heavy atom. The average Bonchev–Trinajstić information content (AvgIpc) is 2.85. The van der Waals surface area contributed by atoms with Gasteiger partial charge in [0.1, 0.15) is 0 Å². The van der Waals surface area contributed by atoms with Crippen LogP contribution in [0.3, 0.4) is 0 Å². The maximum atomic E-state index is 12.3. The summed E-state index contributed by atoms with van der Waals surface area (Å²) in [5, 5.41) is 2.08. The summed E-state index contributed by atoms with van der Waals surface area (Å²) in [5.74, 6) is 0.106. The monoisotopic (exact) mass is 295 g/mol. The van der Waals surface area contributed by atoms with Crippen LogP contribution in [-0.2, 0) is 22.6 Å². The van der Waals surface area contributed by atoms with Crippen LogP contribution >= 0.6 is 11.3 Å². The van der Waals surface area contributed by atoms with Crippen molar-refractivity contribution in [3.63, 3.8) is 0 Å². The number of nitrogens with zero attached hydrogens (tertiary/aromatic N) is 3. The normalized spacial score (nSPS) is 14.3. The Balaban J connectivity index is 1.85. The van der Waals surface area contributed by atoms with Gasteiger partial charge in [0, 0.05) is 32.1 Å². The number of carbonyl (C=O) groups excluding carboxylic acids is 2. The van der Waals surface area contributed by atoms with E-state index in [-0.39, 0.29) is 18.4 Å². The van der Waals surface area contributed by atoms with E-state index in [4.69, 9.17) is 0 Å². The fourth-order valence-electron chi connectivity index (χ4n) is 2.22. The molecule has 0 spiro atoms. The fourth-order valence-corrected chi connectivity index (χ4v) is 3.11. The van der Waals surface area contributed by atoms with Gasteiger partial charge >= 0.3 is 0 Å². The highest BCUT2D eigenvalue weighted by molar-refractivity contribution is 7.10. The van der Waals surface area contributed by atoms with E-state index in [9.17, 15) is 9.59 Å². The first-order chi connectivity index (χ1) is 9.47. The predicted molar refractivity (Wildman–Crippen MR) is 79.6 cm³/mol. The Morgan fingerprint density at radius 1 is 1.30 bits per heavy atom. The second-order valence-electron chi connectivity index (χ2n) is 5.39. The Morgan fingerprint density at radius 2 is 2.05 bits per heavy atom. The first kappa shape index (κ1) is 15.0. The molecule has 0 unspecified atom stereocenters. The lowest BCUT2D eigenvalue weighted by Gasteiger charge is -2.29. The summed E-state index contributed by atoms with van der Waals surface area (Å²) in [6.45, 7) is 2.05. The molecule has 0 fully saturated rings. The summed E-state index contributed by atoms with van der Waals surface area (Å²) in [5.41, 5.74) is 1.27. The number of fused-ring (bicyclic) bond motifs is 1. The first-order valence-electron chi connectivity index (χ1n) is 6.69. The standard InChI is InChI=1S/C14H21N3O2S/c1-15(2)13(18)9-16(3)10-14(19)17-6-4-12-11(8-17)5-7-20-12/h5,7H,4,6,8-10H2,1-3H3. The van der Waals surface area contributed by atoms with Gasteiger partial charge < -0.3 is 9.80 Å². The van der Waals surface area contributed by atoms with Crippen LogP contribution in [0.15, 0.2) is 11.4 Å². The van der Waals surface area contributed by atoms with Crippen LogP contribution in [0.25, 0.3) is 0 Å². The van der Waals surface area contributed by atoms with Crippen LogP contribution in [0.2, 0.25) is 0 Å². The van der Waals surface area contributed by atoms with Gasteiger partial charge in [-0.1, -0.05) is 0 Å². The van der Waals surface area contributed by atoms with Crippen molar-refractivity contribution in [3.8, 4) is 0 Å². The molecule has 0 N–H and O–H groups in total. The van der Waals surface area contributed by atoms with Gasteiger partial charge in [0.2, 0.25) is 11.8 Å². The van der Waals surface area contributed by atoms with Crippen molar-refractivity contribution in [2.45, 2.75) is 13.0 Å². The SMILES string of the molecule is CN(CC(=O)N(C)C)CC(=O)N1CCc2sccc2C1. The Bertz CT molecular complexity index is 498. The van der Waals surface area contributed by atoms with Crippen LogP contribution in [0.1, 0.15) is 10.4 Å². The minimum atomic E-state index is 0.0130. The van der Waals surface area contributed by atoms with E-state index in [0.717, 1.165) is 13.0 Å². The van der Waals surface area contributed by atoms with Crippen LogP contribution in [0.5, 0.6) is 0 Å². The average molecular weight is 295 g/mol. The summed E-state index contributed by atoms with van der Waals surface area (Å²) in [6.07, 6.45) is 0.944. The summed E-state index contributed by atoms with van der Waals surface area (Å²) >= 11 is 1.77. The van der Waals surface area contributed by atoms with Gasteiger partial charge in [-0.05, 0) is 30.5 Å². The Labute approximate surface area is 123 Å². The lowest BCUT2D eigenvalue weighted by Crippen LogP contribution is -2.43. The summed E-state index contributed by atoms with van der Waals surface area (Å²) in [6, 6.07) is 2.10. The van der Waals surface area contributed by atoms with Gasteiger partial charge in [0.05, 0.1) is 13.1 Å². The van der Waals surface area contributed by atoms with Gasteiger partial charge in [0.15, 0.2) is 0 Å². The maximum Gasteiger partial charge on any atom is 0.237 e. The summed E-state index contributed by atoms with van der Waals surface area (Å²) < 4.78 is 0. The molecule has 0 atom stereocenters. The number of amides is 2. The molecule has 2 amide bonds. The van der Waals surface area contributed by atoms with Crippen molar-refractivity contribution in [2.24, 2.45) is 0 Å². The highest BCUT2D eigenvalue weighted by atomic mass is 32.1. The lowest BCUT2D eigenvalue weighted by atomic mass is 10.1. The largest absolute Gasteiger partial charge is 0.348 e. The number of likely N-dealkylation sites (N-methyl/N-ethyl adjacent to an activating group) is 2. The number of hydrogen-bond acceptors (Lipinski definition) is 4. The maximum absolute atomic E-state index is 12.3. The number of thiophene rings is 1. The van der Waals surface area contributed by atoms with Gasteiger partial charge in [-0.15, -0.1) is 11.3 Å². The molecule has 0 bridgehead atoms. The van der Waals surface area contributed by atoms with Crippen molar-refractivity contribution in [2.75, 3.05) is 40.8 Å². The molecule has 5 nitrogen and oxygen atoms in total. The van der Waals surface area contributed by atoms with E-state index < -0.39 is 0 Å². The van der Waals surface area contributed by atoms with Crippen LogP contribution < -0.4 is 0 Å². The molecule has 1 aliphatic heterocycles. The minimum Gasteiger partial charge on any atom is -0.348 e. The van der Waals surface area contributed by atoms with E-state index in [0.29, 0.717) is 13.1 Å². The van der Waals surface area contributed by atoms with Crippen molar-refractivity contribution in [1.29, 1.82) is 0 Å². The molecular weight excluding hydrogens is 274 g/mol. The van der Waals surface area contributed by atoms with Crippen molar-refractivity contribution in [3.05, 3.63) is 21.9 Å². The quantitative estimate of drug-likeness (QED) is 0.819. The Kier molecular flexibility index (Phi) is 4.77. The Hall–Kier alpha value is -1.40. The molecule has 110 valence electrons. The third-order valence-electron chi connectivity index (χ3n) is 3.47. The molecule has 20 heavy (non-hydrogen) atoms. The van der Waals surface area contributed by atoms with E-state index in [2.05, 4.69) is 11.4 Å². The summed E-state index contributed by atoms with van der Waals surface area (Å²) in [4.78, 5) is 30.4. The first-order valence-corrected chi connectivity index (χ1v) is 7.57. The molecule has 0 saturated carbocycles. The van der Waals surface area contributed by atoms with Gasteiger partial charge in [-0.2, -0.15) is 0 Å². The van der Waals surface area contributed by atoms with E-state index in [1.54, 1.807) is 42.3 Å². The number of rotatable bonds is 4. The third kappa shape index (κ3) is 3.58. The highest BCUT2D eigenvalue weighted by Crippen LogP contribution is 2.23. The molecule has 6 heteroatoms. The topological polar surface area (TPSA) is 43.9 Å². The molecule has 1 aromatic rings. The van der Waals surface area contributed by atoms with E-state index >= 15 is 0 Å². The smallest absolute Gasteiger partial charge is 0.237 e. The molecule has 0 saturated heterocycles. The van der Waals surface area contributed by atoms with Gasteiger partial charge in [0.25, 0.3) is 0 Å². The molecule has 2 heterocycles. The number of hydrogen-bond donors (Lipinski definition) is 0. The molecular formula is C14H21N3O2S. The van der Waals surface area contributed by atoms with Crippen LogP contribution in [-0.4, -0.2) is 67.3 Å². The molecule has 0 aliphatic carbocycles. The number of carbonyl (C=O) groups is 2. The second kappa shape index (κ2) is 6.37. The van der Waals surface area contributed by atoms with Crippen molar-refractivity contribution < 1.29 is 9.59 Å². The molecule has 0 radical (unpaired) electrons. The zero-order chi connectivity index (χ0) is 14.7. The summed E-state index contributed by atoms with van der Waals surface area (Å²) in [7, 11) is 5.25. The fraction of sp³-hybridized carbons (Fsp3) is 0.571. The third-order valence-corrected chi connectivity index (χ3v) is 4.49. The van der Waals surface area contributed by atoms with Crippen molar-refractivity contribution in [1.82, 2.24) is 14.7 Å². The van der Waals surface area contributed by atoms with E-state index in [1.807, 2.05) is 4.90 Å². The molecule has 2 rings (SSSR count). The van der Waals surface area contributed by atoms with Gasteiger partial charge in [-0.25, -0.2) is 0 Å². The highest BCUT2D eigenvalue weighted by Gasteiger charge is 2.22. The van der Waals surface area contributed by atoms with Gasteiger partial charge in [-0.3, -0.25) is 14.5 Å². The van der Waals surface area contributed by atoms with Crippen molar-refractivity contribution >= 4 is 23.2 Å². The lowest BCUT2D eigenvalue weighted by molar-refractivity contribution is -0.134. The van der Waals surface area contributed by atoms with E-state index in [1.165, 1.54) is 10.4 Å². The van der Waals surface area contributed by atoms with Crippen LogP contribution in [0.4, 0.5) is 0 Å². The van der Waals surface area contributed by atoms with Crippen LogP contribution in [0, 0.1) is 0 Å². The molecule has 0 aromatic carbocycles. The zero-order valence-electron chi connectivity index (χ0n) is 12.3. The minimum absolute atomic E-state index is 0.0130. The molecule has 1 aromatic heterocycles.